The molecule has 8 heteroatoms. The molecule has 3 aromatic carbocycles. The van der Waals surface area contributed by atoms with Crippen molar-refractivity contribution in [3.05, 3.63) is 123 Å². The number of ether oxygens (including phenoxy) is 1. The number of esters is 1. The van der Waals surface area contributed by atoms with E-state index in [9.17, 15) is 19.1 Å². The Morgan fingerprint density at radius 2 is 1.70 bits per heavy atom. The third-order valence-electron chi connectivity index (χ3n) is 6.65. The molecular formula is C32H29FN2O4S. The Morgan fingerprint density at radius 3 is 2.40 bits per heavy atom. The van der Waals surface area contributed by atoms with Gasteiger partial charge in [-0.1, -0.05) is 48.5 Å². The molecule has 0 atom stereocenters. The van der Waals surface area contributed by atoms with Gasteiger partial charge in [0.15, 0.2) is 0 Å². The molecule has 6 nitrogen and oxygen atoms in total. The third-order valence-corrected chi connectivity index (χ3v) is 7.97. The van der Waals surface area contributed by atoms with E-state index >= 15 is 0 Å². The van der Waals surface area contributed by atoms with Crippen molar-refractivity contribution in [2.45, 2.75) is 26.6 Å². The van der Waals surface area contributed by atoms with Crippen LogP contribution in [0.3, 0.4) is 0 Å². The molecule has 0 aliphatic carbocycles. The fraction of sp³-hybridized carbons (Fsp3) is 0.188. The number of phenols is 1. The van der Waals surface area contributed by atoms with Gasteiger partial charge >= 0.3 is 5.97 Å². The molecule has 5 aromatic rings. The van der Waals surface area contributed by atoms with E-state index in [4.69, 9.17) is 4.74 Å². The highest BCUT2D eigenvalue weighted by molar-refractivity contribution is 7.22. The van der Waals surface area contributed by atoms with Crippen LogP contribution >= 0.6 is 11.3 Å². The second kappa shape index (κ2) is 11.9. The molecule has 0 spiro atoms. The van der Waals surface area contributed by atoms with Crippen LogP contribution in [0.5, 0.6) is 5.75 Å². The number of rotatable bonds is 9. The van der Waals surface area contributed by atoms with Gasteiger partial charge in [-0.3, -0.25) is 9.69 Å². The Morgan fingerprint density at radius 1 is 1.00 bits per heavy atom. The predicted molar refractivity (Wildman–Crippen MR) is 156 cm³/mol. The first-order valence-electron chi connectivity index (χ1n) is 13.0. The minimum absolute atomic E-state index is 0.0901. The van der Waals surface area contributed by atoms with E-state index in [1.807, 2.05) is 37.4 Å². The molecule has 0 radical (unpaired) electrons. The van der Waals surface area contributed by atoms with Crippen molar-refractivity contribution >= 4 is 27.5 Å². The first kappa shape index (κ1) is 27.3. The Kier molecular flexibility index (Phi) is 8.09. The van der Waals surface area contributed by atoms with Crippen LogP contribution in [0.15, 0.2) is 89.9 Å². The number of fused-ring (bicyclic) bond motifs is 1. The summed E-state index contributed by atoms with van der Waals surface area (Å²) < 4.78 is 21.7. The number of aromatic nitrogens is 1. The number of phenolic OH excluding ortho intramolecular Hbond substituents is 1. The third kappa shape index (κ3) is 5.68. The van der Waals surface area contributed by atoms with Crippen molar-refractivity contribution in [3.8, 4) is 16.2 Å². The van der Waals surface area contributed by atoms with Crippen molar-refractivity contribution in [2.24, 2.45) is 0 Å². The summed E-state index contributed by atoms with van der Waals surface area (Å²) in [6.07, 6.45) is 1.48. The number of pyridine rings is 1. The molecule has 2 heterocycles. The van der Waals surface area contributed by atoms with E-state index in [1.165, 1.54) is 23.6 Å². The van der Waals surface area contributed by atoms with Crippen molar-refractivity contribution in [1.82, 2.24) is 9.47 Å². The zero-order valence-corrected chi connectivity index (χ0v) is 23.1. The largest absolute Gasteiger partial charge is 0.508 e. The lowest BCUT2D eigenvalue weighted by Crippen LogP contribution is -2.23. The van der Waals surface area contributed by atoms with Gasteiger partial charge in [-0.2, -0.15) is 0 Å². The lowest BCUT2D eigenvalue weighted by atomic mass is 10.0. The van der Waals surface area contributed by atoms with Crippen LogP contribution in [0.2, 0.25) is 0 Å². The topological polar surface area (TPSA) is 71.8 Å². The molecule has 40 heavy (non-hydrogen) atoms. The molecule has 1 N–H and O–H groups in total. The van der Waals surface area contributed by atoms with Gasteiger partial charge in [-0.05, 0) is 61.0 Å². The minimum Gasteiger partial charge on any atom is -0.508 e. The maximum Gasteiger partial charge on any atom is 0.343 e. The number of carbonyl (C=O) groups excluding carboxylic acids is 1. The summed E-state index contributed by atoms with van der Waals surface area (Å²) in [5, 5.41) is 10.3. The highest BCUT2D eigenvalue weighted by Gasteiger charge is 2.25. The van der Waals surface area contributed by atoms with Crippen LogP contribution in [-0.4, -0.2) is 34.2 Å². The highest BCUT2D eigenvalue weighted by atomic mass is 32.1. The fourth-order valence-electron chi connectivity index (χ4n) is 4.80. The molecule has 0 saturated carbocycles. The van der Waals surface area contributed by atoms with Crippen LogP contribution in [0, 0.1) is 5.82 Å². The summed E-state index contributed by atoms with van der Waals surface area (Å²) in [6, 6.07) is 23.3. The van der Waals surface area contributed by atoms with E-state index in [0.29, 0.717) is 28.9 Å². The van der Waals surface area contributed by atoms with Gasteiger partial charge in [0.1, 0.15) is 22.0 Å². The standard InChI is InChI=1S/C32H29FN2O4S/c1-3-39-32(38)26-20-35(18-23-11-7-8-12-27(23)33)31-28(29(26)37)25(19-34(2)17-21-9-5-4-6-10-21)30(40-31)22-13-15-24(36)16-14-22/h4-16,20,36H,3,17-19H2,1-2H3. The summed E-state index contributed by atoms with van der Waals surface area (Å²) in [6.45, 7) is 3.01. The second-order valence-corrected chi connectivity index (χ2v) is 10.6. The van der Waals surface area contributed by atoms with Crippen molar-refractivity contribution in [2.75, 3.05) is 13.7 Å². The first-order valence-corrected chi connectivity index (χ1v) is 13.8. The number of benzene rings is 3. The zero-order valence-electron chi connectivity index (χ0n) is 22.3. The average Bonchev–Trinajstić information content (AvgIpc) is 3.32. The maximum atomic E-state index is 14.7. The lowest BCUT2D eigenvalue weighted by molar-refractivity contribution is 0.0524. The van der Waals surface area contributed by atoms with Gasteiger partial charge in [-0.15, -0.1) is 11.3 Å². The normalized spacial score (nSPS) is 11.3. The zero-order chi connectivity index (χ0) is 28.2. The number of nitrogens with zero attached hydrogens (tertiary/aromatic N) is 2. The smallest absolute Gasteiger partial charge is 0.343 e. The molecule has 0 unspecified atom stereocenters. The van der Waals surface area contributed by atoms with Crippen LogP contribution in [0.1, 0.15) is 34.0 Å². The SMILES string of the molecule is CCOC(=O)c1cn(Cc2ccccc2F)c2sc(-c3ccc(O)cc3)c(CN(C)Cc3ccccc3)c2c1=O. The minimum atomic E-state index is -0.711. The van der Waals surface area contributed by atoms with E-state index in [1.54, 1.807) is 54.0 Å². The maximum absolute atomic E-state index is 14.7. The molecule has 0 fully saturated rings. The van der Waals surface area contributed by atoms with E-state index in [2.05, 4.69) is 4.90 Å². The number of carbonyl (C=O) groups is 1. The highest BCUT2D eigenvalue weighted by Crippen LogP contribution is 2.39. The molecule has 0 amide bonds. The second-order valence-electron chi connectivity index (χ2n) is 9.61. The van der Waals surface area contributed by atoms with Gasteiger partial charge in [-0.25, -0.2) is 9.18 Å². The number of aromatic hydroxyl groups is 1. The molecule has 0 saturated heterocycles. The summed E-state index contributed by atoms with van der Waals surface area (Å²) in [5.74, 6) is -0.945. The van der Waals surface area contributed by atoms with Crippen LogP contribution in [0.25, 0.3) is 20.7 Å². The molecule has 0 aliphatic rings. The van der Waals surface area contributed by atoms with Gasteiger partial charge in [0.2, 0.25) is 5.43 Å². The van der Waals surface area contributed by atoms with Gasteiger partial charge in [0, 0.05) is 29.7 Å². The number of thiophene rings is 1. The molecule has 0 bridgehead atoms. The van der Waals surface area contributed by atoms with Gasteiger partial charge in [0.05, 0.1) is 18.5 Å². The summed E-state index contributed by atoms with van der Waals surface area (Å²) >= 11 is 1.41. The van der Waals surface area contributed by atoms with Crippen LogP contribution < -0.4 is 5.43 Å². The van der Waals surface area contributed by atoms with Crippen molar-refractivity contribution in [3.63, 3.8) is 0 Å². The van der Waals surface area contributed by atoms with Crippen molar-refractivity contribution < 1.29 is 19.0 Å². The molecule has 5 rings (SSSR count). The quantitative estimate of drug-likeness (QED) is 0.212. The molecule has 0 aliphatic heterocycles. The van der Waals surface area contributed by atoms with Gasteiger partial charge in [0.25, 0.3) is 0 Å². The monoisotopic (exact) mass is 556 g/mol. The lowest BCUT2D eigenvalue weighted by Gasteiger charge is -2.18. The van der Waals surface area contributed by atoms with Crippen LogP contribution in [0.4, 0.5) is 4.39 Å². The van der Waals surface area contributed by atoms with E-state index < -0.39 is 11.4 Å². The summed E-state index contributed by atoms with van der Waals surface area (Å²) in [4.78, 5) is 30.4. The summed E-state index contributed by atoms with van der Waals surface area (Å²) in [5.41, 5.74) is 2.65. The fourth-order valence-corrected chi connectivity index (χ4v) is 6.09. The first-order chi connectivity index (χ1) is 19.4. The van der Waals surface area contributed by atoms with E-state index in [-0.39, 0.29) is 30.3 Å². The van der Waals surface area contributed by atoms with E-state index in [0.717, 1.165) is 21.6 Å². The number of hydrogen-bond acceptors (Lipinski definition) is 6. The predicted octanol–water partition coefficient (Wildman–Crippen LogP) is 6.43. The number of hydrogen-bond donors (Lipinski definition) is 1. The molecular weight excluding hydrogens is 527 g/mol. The number of halogens is 1. The Balaban J connectivity index is 1.73. The molecule has 2 aromatic heterocycles. The molecule has 204 valence electrons. The average molecular weight is 557 g/mol. The Labute approximate surface area is 235 Å². The van der Waals surface area contributed by atoms with Crippen LogP contribution in [-0.2, 0) is 24.4 Å². The Hall–Kier alpha value is -4.27. The van der Waals surface area contributed by atoms with Crippen molar-refractivity contribution in [1.29, 1.82) is 0 Å². The summed E-state index contributed by atoms with van der Waals surface area (Å²) in [7, 11) is 1.98. The van der Waals surface area contributed by atoms with Gasteiger partial charge < -0.3 is 14.4 Å². The Bertz CT molecular complexity index is 1710.